The van der Waals surface area contributed by atoms with E-state index in [1.807, 2.05) is 0 Å². The van der Waals surface area contributed by atoms with Crippen molar-refractivity contribution in [2.75, 3.05) is 7.11 Å². The number of rotatable bonds is 5. The Labute approximate surface area is 191 Å². The highest BCUT2D eigenvalue weighted by atomic mass is 16.6. The molecular formula is C22H29N3O8. The monoisotopic (exact) mass is 463 g/mol. The normalized spacial score (nSPS) is 12.7. The minimum Gasteiger partial charge on any atom is -0.467 e. The molecule has 1 aromatic heterocycles. The van der Waals surface area contributed by atoms with Gasteiger partial charge < -0.3 is 19.5 Å². The lowest BCUT2D eigenvalue weighted by atomic mass is 10.0. The SMILES string of the molecule is COC(=O)[C@@H](Cc1cn(C(=O)OC(C)(C)C)c2cc([N+](=O)[O-])ccc12)NC(=O)OC(C)(C)C. The van der Waals surface area contributed by atoms with Gasteiger partial charge in [0, 0.05) is 30.1 Å². The van der Waals surface area contributed by atoms with Gasteiger partial charge in [0.25, 0.3) is 5.69 Å². The summed E-state index contributed by atoms with van der Waals surface area (Å²) in [6.07, 6.45) is -0.191. The summed E-state index contributed by atoms with van der Waals surface area (Å²) in [7, 11) is 1.18. The Bertz CT molecular complexity index is 1080. The molecule has 1 N–H and O–H groups in total. The Morgan fingerprint density at radius 1 is 1.09 bits per heavy atom. The molecule has 0 saturated heterocycles. The summed E-state index contributed by atoms with van der Waals surface area (Å²) < 4.78 is 16.6. The molecule has 1 atom stereocenters. The fraction of sp³-hybridized carbons (Fsp3) is 0.500. The average Bonchev–Trinajstić information content (AvgIpc) is 3.02. The van der Waals surface area contributed by atoms with Gasteiger partial charge in [-0.25, -0.2) is 14.4 Å². The fourth-order valence-corrected chi connectivity index (χ4v) is 3.03. The zero-order chi connectivity index (χ0) is 25.1. The number of amides is 1. The summed E-state index contributed by atoms with van der Waals surface area (Å²) in [5, 5.41) is 14.2. The Balaban J connectivity index is 2.50. The van der Waals surface area contributed by atoms with Gasteiger partial charge in [-0.2, -0.15) is 0 Å². The van der Waals surface area contributed by atoms with Crippen LogP contribution in [-0.4, -0.2) is 52.0 Å². The van der Waals surface area contributed by atoms with E-state index in [-0.39, 0.29) is 17.6 Å². The Hall–Kier alpha value is -3.63. The van der Waals surface area contributed by atoms with Gasteiger partial charge in [-0.3, -0.25) is 14.7 Å². The third kappa shape index (κ3) is 6.93. The number of esters is 1. The molecule has 0 saturated carbocycles. The number of nitro benzene ring substituents is 1. The van der Waals surface area contributed by atoms with Crippen molar-refractivity contribution >= 4 is 34.7 Å². The first-order valence-electron chi connectivity index (χ1n) is 10.2. The molecule has 0 aliphatic heterocycles. The highest BCUT2D eigenvalue weighted by Crippen LogP contribution is 2.28. The number of carbonyl (C=O) groups excluding carboxylic acids is 3. The van der Waals surface area contributed by atoms with Crippen LogP contribution in [0.15, 0.2) is 24.4 Å². The quantitative estimate of drug-likeness (QED) is 0.304. The molecule has 1 amide bonds. The van der Waals surface area contributed by atoms with Crippen molar-refractivity contribution in [1.82, 2.24) is 9.88 Å². The molecule has 180 valence electrons. The first-order valence-corrected chi connectivity index (χ1v) is 10.2. The number of methoxy groups -OCH3 is 1. The summed E-state index contributed by atoms with van der Waals surface area (Å²) in [5.74, 6) is -0.721. The summed E-state index contributed by atoms with van der Waals surface area (Å²) in [6.45, 7) is 10.1. The molecule has 2 aromatic rings. The number of nitrogens with one attached hydrogen (secondary N) is 1. The maximum absolute atomic E-state index is 12.8. The number of aromatic nitrogens is 1. The highest BCUT2D eigenvalue weighted by Gasteiger charge is 2.28. The lowest BCUT2D eigenvalue weighted by Gasteiger charge is -2.22. The van der Waals surface area contributed by atoms with E-state index in [9.17, 15) is 24.5 Å². The molecule has 0 bridgehead atoms. The van der Waals surface area contributed by atoms with Crippen LogP contribution in [-0.2, 0) is 25.4 Å². The number of fused-ring (bicyclic) bond motifs is 1. The van der Waals surface area contributed by atoms with E-state index in [0.29, 0.717) is 10.9 Å². The molecule has 2 rings (SSSR count). The van der Waals surface area contributed by atoms with Gasteiger partial charge in [-0.1, -0.05) is 0 Å². The van der Waals surface area contributed by atoms with Gasteiger partial charge in [-0.15, -0.1) is 0 Å². The minimum absolute atomic E-state index is 0.0595. The van der Waals surface area contributed by atoms with Crippen LogP contribution in [0.2, 0.25) is 0 Å². The first kappa shape index (κ1) is 25.6. The summed E-state index contributed by atoms with van der Waals surface area (Å²) in [6, 6.07) is 2.89. The van der Waals surface area contributed by atoms with Crippen molar-refractivity contribution < 1.29 is 33.5 Å². The van der Waals surface area contributed by atoms with E-state index in [4.69, 9.17) is 14.2 Å². The minimum atomic E-state index is -1.13. The molecule has 0 aliphatic carbocycles. The number of non-ortho nitro benzene ring substituents is 1. The van der Waals surface area contributed by atoms with Crippen LogP contribution in [0.5, 0.6) is 0 Å². The van der Waals surface area contributed by atoms with E-state index >= 15 is 0 Å². The number of ether oxygens (including phenoxy) is 3. The zero-order valence-electron chi connectivity index (χ0n) is 19.8. The molecule has 0 radical (unpaired) electrons. The van der Waals surface area contributed by atoms with Crippen LogP contribution in [0.25, 0.3) is 10.9 Å². The number of hydrogen-bond acceptors (Lipinski definition) is 8. The third-order valence-corrected chi connectivity index (χ3v) is 4.27. The van der Waals surface area contributed by atoms with E-state index in [1.165, 1.54) is 31.5 Å². The predicted molar refractivity (Wildman–Crippen MR) is 119 cm³/mol. The van der Waals surface area contributed by atoms with E-state index in [0.717, 1.165) is 4.57 Å². The summed E-state index contributed by atoms with van der Waals surface area (Å²) in [4.78, 5) is 48.0. The van der Waals surface area contributed by atoms with Gasteiger partial charge in [0.05, 0.1) is 17.5 Å². The molecule has 0 fully saturated rings. The lowest BCUT2D eigenvalue weighted by Crippen LogP contribution is -2.45. The van der Waals surface area contributed by atoms with Crippen LogP contribution in [0.1, 0.15) is 47.1 Å². The van der Waals surface area contributed by atoms with Crippen molar-refractivity contribution in [2.24, 2.45) is 0 Å². The van der Waals surface area contributed by atoms with Gasteiger partial charge >= 0.3 is 18.2 Å². The van der Waals surface area contributed by atoms with Gasteiger partial charge in [0.15, 0.2) is 0 Å². The maximum atomic E-state index is 12.8. The van der Waals surface area contributed by atoms with Gasteiger partial charge in [-0.05, 0) is 53.2 Å². The van der Waals surface area contributed by atoms with Crippen molar-refractivity contribution in [3.8, 4) is 0 Å². The third-order valence-electron chi connectivity index (χ3n) is 4.27. The second-order valence-corrected chi connectivity index (χ2v) is 9.39. The molecule has 0 unspecified atom stereocenters. The Kier molecular flexibility index (Phi) is 7.36. The topological polar surface area (TPSA) is 139 Å². The highest BCUT2D eigenvalue weighted by molar-refractivity contribution is 5.94. The van der Waals surface area contributed by atoms with Crippen LogP contribution < -0.4 is 5.32 Å². The van der Waals surface area contributed by atoms with Gasteiger partial charge in [0.1, 0.15) is 17.2 Å². The zero-order valence-corrected chi connectivity index (χ0v) is 19.8. The van der Waals surface area contributed by atoms with Crippen LogP contribution >= 0.6 is 0 Å². The molecule has 0 spiro atoms. The molecule has 1 aromatic carbocycles. The molecule has 11 nitrogen and oxygen atoms in total. The van der Waals surface area contributed by atoms with Crippen LogP contribution in [0, 0.1) is 10.1 Å². The van der Waals surface area contributed by atoms with Crippen molar-refractivity contribution in [3.63, 3.8) is 0 Å². The summed E-state index contributed by atoms with van der Waals surface area (Å²) in [5.41, 5.74) is -1.10. The van der Waals surface area contributed by atoms with Crippen LogP contribution in [0.3, 0.4) is 0 Å². The lowest BCUT2D eigenvalue weighted by molar-refractivity contribution is -0.384. The second-order valence-electron chi connectivity index (χ2n) is 9.39. The van der Waals surface area contributed by atoms with Crippen molar-refractivity contribution in [2.45, 2.75) is 65.2 Å². The van der Waals surface area contributed by atoms with Crippen molar-refractivity contribution in [3.05, 3.63) is 40.1 Å². The van der Waals surface area contributed by atoms with Crippen LogP contribution in [0.4, 0.5) is 15.3 Å². The maximum Gasteiger partial charge on any atom is 0.419 e. The van der Waals surface area contributed by atoms with Gasteiger partial charge in [0.2, 0.25) is 0 Å². The number of nitrogens with zero attached hydrogens (tertiary/aromatic N) is 2. The Morgan fingerprint density at radius 2 is 1.70 bits per heavy atom. The van der Waals surface area contributed by atoms with E-state index < -0.39 is 40.3 Å². The smallest absolute Gasteiger partial charge is 0.419 e. The number of alkyl carbamates (subject to hydrolysis) is 1. The van der Waals surface area contributed by atoms with E-state index in [2.05, 4.69) is 5.32 Å². The fourth-order valence-electron chi connectivity index (χ4n) is 3.03. The van der Waals surface area contributed by atoms with Crippen molar-refractivity contribution in [1.29, 1.82) is 0 Å². The average molecular weight is 463 g/mol. The summed E-state index contributed by atoms with van der Waals surface area (Å²) >= 11 is 0. The predicted octanol–water partition coefficient (Wildman–Crippen LogP) is 3.94. The Morgan fingerprint density at radius 3 is 2.21 bits per heavy atom. The molecule has 11 heteroatoms. The molecular weight excluding hydrogens is 434 g/mol. The number of benzene rings is 1. The first-order chi connectivity index (χ1) is 15.1. The number of hydrogen-bond donors (Lipinski definition) is 1. The van der Waals surface area contributed by atoms with E-state index in [1.54, 1.807) is 41.5 Å². The second kappa shape index (κ2) is 9.47. The number of nitro groups is 1. The largest absolute Gasteiger partial charge is 0.467 e. The molecule has 1 heterocycles. The number of carbonyl (C=O) groups is 3. The standard InChI is InChI=1S/C22H29N3O8/c1-21(2,3)32-19(27)23-16(18(26)31-7)10-13-12-24(20(28)33-22(4,5)6)17-11-14(25(29)30)8-9-15(13)17/h8-9,11-12,16H,10H2,1-7H3,(H,23,27)/t16-/m1/s1. The molecule has 0 aliphatic rings. The molecule has 33 heavy (non-hydrogen) atoms.